The summed E-state index contributed by atoms with van der Waals surface area (Å²) in [7, 11) is 1.88. The minimum Gasteiger partial charge on any atom is -0.352 e. The van der Waals surface area contributed by atoms with Crippen molar-refractivity contribution >= 4 is 11.9 Å². The van der Waals surface area contributed by atoms with Crippen LogP contribution in [0.15, 0.2) is 29.3 Å². The Morgan fingerprint density at radius 2 is 2.04 bits per heavy atom. The maximum absolute atomic E-state index is 11.8. The number of rotatable bonds is 4. The summed E-state index contributed by atoms with van der Waals surface area (Å²) in [6.45, 7) is 4.68. The average molecular weight is 354 g/mol. The van der Waals surface area contributed by atoms with Gasteiger partial charge < -0.3 is 15.1 Å². The molecule has 3 fully saturated rings. The number of likely N-dealkylation sites (tertiary alicyclic amines) is 2. The highest BCUT2D eigenvalue weighted by atomic mass is 16.2. The number of guanidine groups is 1. The van der Waals surface area contributed by atoms with Crippen LogP contribution in [0, 0.1) is 5.41 Å². The Morgan fingerprint density at radius 3 is 2.69 bits per heavy atom. The van der Waals surface area contributed by atoms with Gasteiger partial charge in [0.25, 0.3) is 0 Å². The van der Waals surface area contributed by atoms with Gasteiger partial charge in [0, 0.05) is 46.2 Å². The van der Waals surface area contributed by atoms with Gasteiger partial charge in [0.15, 0.2) is 5.96 Å². The van der Waals surface area contributed by atoms with Crippen molar-refractivity contribution in [3.05, 3.63) is 35.4 Å². The Morgan fingerprint density at radius 1 is 1.19 bits per heavy atom. The molecule has 3 aliphatic rings. The molecule has 140 valence electrons. The highest BCUT2D eigenvalue weighted by Crippen LogP contribution is 2.47. The van der Waals surface area contributed by atoms with Crippen LogP contribution in [0.2, 0.25) is 0 Å². The summed E-state index contributed by atoms with van der Waals surface area (Å²) in [6, 6.07) is 8.57. The van der Waals surface area contributed by atoms with Gasteiger partial charge in [-0.15, -0.1) is 0 Å². The third-order valence-corrected chi connectivity index (χ3v) is 6.35. The maximum Gasteiger partial charge on any atom is 0.222 e. The Balaban J connectivity index is 1.33. The van der Waals surface area contributed by atoms with E-state index in [0.29, 0.717) is 11.8 Å². The summed E-state index contributed by atoms with van der Waals surface area (Å²) in [4.78, 5) is 20.7. The van der Waals surface area contributed by atoms with Gasteiger partial charge in [-0.1, -0.05) is 30.7 Å². The summed E-state index contributed by atoms with van der Waals surface area (Å²) < 4.78 is 0. The molecule has 2 saturated heterocycles. The molecule has 1 aromatic rings. The van der Waals surface area contributed by atoms with E-state index in [9.17, 15) is 4.79 Å². The summed E-state index contributed by atoms with van der Waals surface area (Å²) in [5.41, 5.74) is 3.04. The van der Waals surface area contributed by atoms with E-state index in [4.69, 9.17) is 0 Å². The minimum absolute atomic E-state index is 0.285. The van der Waals surface area contributed by atoms with Crippen LogP contribution in [0.3, 0.4) is 0 Å². The summed E-state index contributed by atoms with van der Waals surface area (Å²) in [5, 5.41) is 3.54. The van der Waals surface area contributed by atoms with Crippen molar-refractivity contribution in [2.75, 3.05) is 26.7 Å². The maximum atomic E-state index is 11.8. The van der Waals surface area contributed by atoms with Gasteiger partial charge in [0.1, 0.15) is 0 Å². The SMILES string of the molecule is CN=C(NCc1cccc(CN2CCCC2=O)c1)N1CCC2(CCC2)C1. The van der Waals surface area contributed by atoms with E-state index in [-0.39, 0.29) is 5.91 Å². The van der Waals surface area contributed by atoms with E-state index in [1.54, 1.807) is 0 Å². The van der Waals surface area contributed by atoms with Crippen LogP contribution in [0.1, 0.15) is 49.7 Å². The fraction of sp³-hybridized carbons (Fsp3) is 0.619. The molecule has 1 spiro atoms. The van der Waals surface area contributed by atoms with Gasteiger partial charge in [0.2, 0.25) is 5.91 Å². The number of benzene rings is 1. The number of aliphatic imine (C=N–C) groups is 1. The van der Waals surface area contributed by atoms with E-state index in [2.05, 4.69) is 39.5 Å². The quantitative estimate of drug-likeness (QED) is 0.668. The Kier molecular flexibility index (Phi) is 4.88. The molecule has 0 bridgehead atoms. The largest absolute Gasteiger partial charge is 0.352 e. The lowest BCUT2D eigenvalue weighted by Gasteiger charge is -2.38. The molecule has 5 heteroatoms. The predicted octanol–water partition coefficient (Wildman–Crippen LogP) is 2.76. The van der Waals surface area contributed by atoms with Crippen molar-refractivity contribution in [1.82, 2.24) is 15.1 Å². The number of amides is 1. The highest BCUT2D eigenvalue weighted by molar-refractivity contribution is 5.80. The van der Waals surface area contributed by atoms with Crippen LogP contribution < -0.4 is 5.32 Å². The summed E-state index contributed by atoms with van der Waals surface area (Å²) in [5.74, 6) is 1.31. The van der Waals surface area contributed by atoms with Crippen LogP contribution in [-0.4, -0.2) is 48.3 Å². The molecule has 0 aromatic heterocycles. The van der Waals surface area contributed by atoms with Crippen molar-refractivity contribution in [3.8, 4) is 0 Å². The first-order valence-corrected chi connectivity index (χ1v) is 9.99. The lowest BCUT2D eigenvalue weighted by Crippen LogP contribution is -2.42. The Bertz CT molecular complexity index is 695. The molecule has 4 rings (SSSR count). The molecular weight excluding hydrogens is 324 g/mol. The van der Waals surface area contributed by atoms with Crippen LogP contribution >= 0.6 is 0 Å². The zero-order chi connectivity index (χ0) is 18.0. The molecule has 26 heavy (non-hydrogen) atoms. The first-order valence-electron chi connectivity index (χ1n) is 9.99. The van der Waals surface area contributed by atoms with E-state index < -0.39 is 0 Å². The van der Waals surface area contributed by atoms with Gasteiger partial charge in [-0.3, -0.25) is 9.79 Å². The molecule has 2 heterocycles. The van der Waals surface area contributed by atoms with E-state index >= 15 is 0 Å². The molecular formula is C21H30N4O. The van der Waals surface area contributed by atoms with Crippen molar-refractivity contribution in [3.63, 3.8) is 0 Å². The molecule has 1 N–H and O–H groups in total. The highest BCUT2D eigenvalue weighted by Gasteiger charge is 2.43. The van der Waals surface area contributed by atoms with E-state index in [1.807, 2.05) is 11.9 Å². The second-order valence-corrected chi connectivity index (χ2v) is 8.16. The van der Waals surface area contributed by atoms with E-state index in [0.717, 1.165) is 45.1 Å². The van der Waals surface area contributed by atoms with Crippen LogP contribution in [-0.2, 0) is 17.9 Å². The van der Waals surface area contributed by atoms with Crippen LogP contribution in [0.5, 0.6) is 0 Å². The van der Waals surface area contributed by atoms with Gasteiger partial charge in [-0.2, -0.15) is 0 Å². The number of hydrogen-bond acceptors (Lipinski definition) is 2. The average Bonchev–Trinajstić information content (AvgIpc) is 3.23. The van der Waals surface area contributed by atoms with Crippen molar-refractivity contribution in [2.24, 2.45) is 10.4 Å². The van der Waals surface area contributed by atoms with Crippen LogP contribution in [0.4, 0.5) is 0 Å². The third kappa shape index (κ3) is 3.57. The molecule has 5 nitrogen and oxygen atoms in total. The molecule has 1 amide bonds. The summed E-state index contributed by atoms with van der Waals surface area (Å²) in [6.07, 6.45) is 7.18. The number of nitrogens with zero attached hydrogens (tertiary/aromatic N) is 3. The van der Waals surface area contributed by atoms with Gasteiger partial charge in [-0.25, -0.2) is 0 Å². The molecule has 1 aromatic carbocycles. The normalized spacial score (nSPS) is 22.2. The topological polar surface area (TPSA) is 47.9 Å². The molecule has 0 radical (unpaired) electrons. The molecule has 0 unspecified atom stereocenters. The second-order valence-electron chi connectivity index (χ2n) is 8.16. The first kappa shape index (κ1) is 17.4. The number of carbonyl (C=O) groups excluding carboxylic acids is 1. The summed E-state index contributed by atoms with van der Waals surface area (Å²) >= 11 is 0. The number of hydrogen-bond donors (Lipinski definition) is 1. The van der Waals surface area contributed by atoms with E-state index in [1.165, 1.54) is 36.8 Å². The Hall–Kier alpha value is -2.04. The van der Waals surface area contributed by atoms with Crippen molar-refractivity contribution < 1.29 is 4.79 Å². The molecule has 1 aliphatic carbocycles. The number of nitrogens with one attached hydrogen (secondary N) is 1. The third-order valence-electron chi connectivity index (χ3n) is 6.35. The Labute approximate surface area is 156 Å². The lowest BCUT2D eigenvalue weighted by atomic mass is 9.68. The molecule has 0 atom stereocenters. The standard InChI is InChI=1S/C21H30N4O/c1-22-20(25-12-10-21(16-25)8-4-9-21)23-14-17-5-2-6-18(13-17)15-24-11-3-7-19(24)26/h2,5-6,13H,3-4,7-12,14-16H2,1H3,(H,22,23). The second kappa shape index (κ2) is 7.29. The molecule has 2 aliphatic heterocycles. The lowest BCUT2D eigenvalue weighted by molar-refractivity contribution is -0.128. The fourth-order valence-electron chi connectivity index (χ4n) is 4.64. The monoisotopic (exact) mass is 354 g/mol. The minimum atomic E-state index is 0.285. The zero-order valence-electron chi connectivity index (χ0n) is 15.8. The van der Waals surface area contributed by atoms with Crippen molar-refractivity contribution in [2.45, 2.75) is 51.6 Å². The van der Waals surface area contributed by atoms with Crippen molar-refractivity contribution in [1.29, 1.82) is 0 Å². The predicted molar refractivity (Wildman–Crippen MR) is 104 cm³/mol. The molecule has 1 saturated carbocycles. The number of carbonyl (C=O) groups is 1. The van der Waals surface area contributed by atoms with Gasteiger partial charge in [0.05, 0.1) is 0 Å². The fourth-order valence-corrected chi connectivity index (χ4v) is 4.64. The zero-order valence-corrected chi connectivity index (χ0v) is 15.8. The van der Waals surface area contributed by atoms with Gasteiger partial charge >= 0.3 is 0 Å². The smallest absolute Gasteiger partial charge is 0.222 e. The first-order chi connectivity index (χ1) is 12.7. The van der Waals surface area contributed by atoms with Crippen LogP contribution in [0.25, 0.3) is 0 Å². The van der Waals surface area contributed by atoms with Gasteiger partial charge in [-0.05, 0) is 42.2 Å².